The number of nitrogens with one attached hydrogen (secondary N) is 1. The van der Waals surface area contributed by atoms with Gasteiger partial charge >= 0.3 is 5.97 Å². The van der Waals surface area contributed by atoms with Gasteiger partial charge in [0.1, 0.15) is 0 Å². The van der Waals surface area contributed by atoms with Gasteiger partial charge < -0.3 is 10.4 Å². The monoisotopic (exact) mass is 311 g/mol. The number of nitrogens with zero attached hydrogens (tertiary/aromatic N) is 4. The Morgan fingerprint density at radius 3 is 2.78 bits per heavy atom. The topological polar surface area (TPSA) is 102 Å². The molecule has 0 unspecified atom stereocenters. The van der Waals surface area contributed by atoms with E-state index in [0.717, 1.165) is 5.69 Å². The fourth-order valence-corrected chi connectivity index (χ4v) is 2.14. The Kier molecular flexibility index (Phi) is 3.63. The number of aromatic nitrogens is 4. The minimum Gasteiger partial charge on any atom is -0.476 e. The predicted molar refractivity (Wildman–Crippen MR) is 81.7 cm³/mol. The van der Waals surface area contributed by atoms with Crippen LogP contribution in [-0.4, -0.2) is 36.5 Å². The molecule has 1 aromatic carbocycles. The van der Waals surface area contributed by atoms with Crippen molar-refractivity contribution in [2.45, 2.75) is 0 Å². The number of benzene rings is 1. The maximum atomic E-state index is 12.3. The maximum absolute atomic E-state index is 12.3. The van der Waals surface area contributed by atoms with Crippen molar-refractivity contribution in [3.05, 3.63) is 60.2 Å². The van der Waals surface area contributed by atoms with Crippen LogP contribution in [0.1, 0.15) is 20.8 Å². The number of anilines is 1. The van der Waals surface area contributed by atoms with Crippen LogP contribution in [0.2, 0.25) is 0 Å². The fourth-order valence-electron chi connectivity index (χ4n) is 2.14. The summed E-state index contributed by atoms with van der Waals surface area (Å²) in [6.45, 7) is 0. The molecule has 0 fully saturated rings. The minimum atomic E-state index is -1.20. The zero-order valence-electron chi connectivity index (χ0n) is 12.2. The maximum Gasteiger partial charge on any atom is 0.358 e. The molecule has 1 amide bonds. The highest BCUT2D eigenvalue weighted by molar-refractivity contribution is 6.07. The first-order chi connectivity index (χ1) is 11.0. The van der Waals surface area contributed by atoms with E-state index in [-0.39, 0.29) is 11.4 Å². The van der Waals surface area contributed by atoms with Gasteiger partial charge in [-0.15, -0.1) is 0 Å². The van der Waals surface area contributed by atoms with E-state index < -0.39 is 11.9 Å². The van der Waals surface area contributed by atoms with Crippen molar-refractivity contribution in [1.82, 2.24) is 19.6 Å². The third kappa shape index (κ3) is 2.95. The summed E-state index contributed by atoms with van der Waals surface area (Å²) in [5, 5.41) is 19.6. The van der Waals surface area contributed by atoms with E-state index in [9.17, 15) is 9.59 Å². The predicted octanol–water partition coefficient (Wildman–Crippen LogP) is 1.56. The molecule has 3 rings (SSSR count). The quantitative estimate of drug-likeness (QED) is 0.761. The van der Waals surface area contributed by atoms with Gasteiger partial charge in [0.2, 0.25) is 0 Å². The summed E-state index contributed by atoms with van der Waals surface area (Å²) >= 11 is 0. The lowest BCUT2D eigenvalue weighted by Gasteiger charge is -2.06. The standard InChI is InChI=1S/C15H13N5O3/c1-19-9-12(13(18-19)15(22)23)17-14(21)10-4-2-5-11(8-10)20-7-3-6-16-20/h2-9H,1H3,(H,17,21)(H,22,23). The largest absolute Gasteiger partial charge is 0.476 e. The first kappa shape index (κ1) is 14.5. The van der Waals surface area contributed by atoms with E-state index in [1.807, 2.05) is 6.07 Å². The van der Waals surface area contributed by atoms with Crippen LogP contribution < -0.4 is 5.32 Å². The first-order valence-corrected chi connectivity index (χ1v) is 6.73. The molecule has 116 valence electrons. The van der Waals surface area contributed by atoms with Gasteiger partial charge in [0.15, 0.2) is 5.69 Å². The van der Waals surface area contributed by atoms with Crippen LogP contribution in [0.4, 0.5) is 5.69 Å². The Labute approximate surface area is 131 Å². The van der Waals surface area contributed by atoms with E-state index in [2.05, 4.69) is 15.5 Å². The average molecular weight is 311 g/mol. The number of carboxylic acids is 1. The third-order valence-corrected chi connectivity index (χ3v) is 3.16. The smallest absolute Gasteiger partial charge is 0.358 e. The van der Waals surface area contributed by atoms with Gasteiger partial charge in [-0.3, -0.25) is 9.48 Å². The van der Waals surface area contributed by atoms with Crippen LogP contribution in [0.3, 0.4) is 0 Å². The summed E-state index contributed by atoms with van der Waals surface area (Å²) in [6, 6.07) is 8.63. The zero-order chi connectivity index (χ0) is 16.4. The number of carboxylic acid groups (broad SMARTS) is 1. The van der Waals surface area contributed by atoms with Crippen molar-refractivity contribution >= 4 is 17.6 Å². The minimum absolute atomic E-state index is 0.148. The molecule has 0 saturated carbocycles. The van der Waals surface area contributed by atoms with E-state index in [1.54, 1.807) is 48.4 Å². The molecule has 0 aliphatic carbocycles. The highest BCUT2D eigenvalue weighted by atomic mass is 16.4. The molecule has 0 bridgehead atoms. The second kappa shape index (κ2) is 5.76. The van der Waals surface area contributed by atoms with Gasteiger partial charge in [-0.05, 0) is 24.3 Å². The van der Waals surface area contributed by atoms with Crippen LogP contribution >= 0.6 is 0 Å². The highest BCUT2D eigenvalue weighted by Gasteiger charge is 2.17. The lowest BCUT2D eigenvalue weighted by Crippen LogP contribution is -2.14. The molecule has 23 heavy (non-hydrogen) atoms. The van der Waals surface area contributed by atoms with Gasteiger partial charge in [-0.25, -0.2) is 9.48 Å². The first-order valence-electron chi connectivity index (χ1n) is 6.73. The molecule has 0 spiro atoms. The Morgan fingerprint density at radius 1 is 1.26 bits per heavy atom. The molecule has 0 radical (unpaired) electrons. The van der Waals surface area contributed by atoms with Crippen LogP contribution in [0.5, 0.6) is 0 Å². The summed E-state index contributed by atoms with van der Waals surface area (Å²) in [5.41, 5.74) is 1.06. The fraction of sp³-hybridized carbons (Fsp3) is 0.0667. The number of hydrogen-bond donors (Lipinski definition) is 2. The summed E-state index contributed by atoms with van der Waals surface area (Å²) in [6.07, 6.45) is 4.85. The van der Waals surface area contributed by atoms with Crippen LogP contribution in [0.25, 0.3) is 5.69 Å². The van der Waals surface area contributed by atoms with Gasteiger partial charge in [0, 0.05) is 31.2 Å². The SMILES string of the molecule is Cn1cc(NC(=O)c2cccc(-n3cccn3)c2)c(C(=O)O)n1. The molecule has 0 atom stereocenters. The van der Waals surface area contributed by atoms with Gasteiger partial charge in [-0.2, -0.15) is 10.2 Å². The Bertz CT molecular complexity index is 867. The van der Waals surface area contributed by atoms with Crippen LogP contribution in [0.15, 0.2) is 48.9 Å². The Morgan fingerprint density at radius 2 is 2.09 bits per heavy atom. The van der Waals surface area contributed by atoms with Crippen molar-refractivity contribution in [1.29, 1.82) is 0 Å². The second-order valence-electron chi connectivity index (χ2n) is 4.83. The summed E-state index contributed by atoms with van der Waals surface area (Å²) in [4.78, 5) is 23.5. The number of hydrogen-bond acceptors (Lipinski definition) is 4. The molecule has 8 nitrogen and oxygen atoms in total. The Hall–Kier alpha value is -3.42. The molecule has 0 saturated heterocycles. The third-order valence-electron chi connectivity index (χ3n) is 3.16. The number of amides is 1. The van der Waals surface area contributed by atoms with Crippen LogP contribution in [-0.2, 0) is 7.05 Å². The lowest BCUT2D eigenvalue weighted by atomic mass is 10.2. The van der Waals surface area contributed by atoms with Crippen molar-refractivity contribution < 1.29 is 14.7 Å². The summed E-state index contributed by atoms with van der Waals surface area (Å²) in [7, 11) is 1.58. The number of carbonyl (C=O) groups is 2. The molecule has 2 N–H and O–H groups in total. The van der Waals surface area contributed by atoms with Gasteiger partial charge in [0.25, 0.3) is 5.91 Å². The summed E-state index contributed by atoms with van der Waals surface area (Å²) < 4.78 is 2.96. The molecule has 0 aliphatic heterocycles. The molecular formula is C15H13N5O3. The van der Waals surface area contributed by atoms with Crippen molar-refractivity contribution in [3.8, 4) is 5.69 Å². The van der Waals surface area contributed by atoms with E-state index in [4.69, 9.17) is 5.11 Å². The zero-order valence-corrected chi connectivity index (χ0v) is 12.2. The number of rotatable bonds is 4. The number of aromatic carboxylic acids is 1. The molecular weight excluding hydrogens is 298 g/mol. The van der Waals surface area contributed by atoms with E-state index in [0.29, 0.717) is 5.56 Å². The number of carbonyl (C=O) groups excluding carboxylic acids is 1. The summed E-state index contributed by atoms with van der Waals surface area (Å²) in [5.74, 6) is -1.62. The molecule has 3 aromatic rings. The van der Waals surface area contributed by atoms with Gasteiger partial charge in [-0.1, -0.05) is 6.07 Å². The average Bonchev–Trinajstić information content (AvgIpc) is 3.17. The molecule has 8 heteroatoms. The van der Waals surface area contributed by atoms with Gasteiger partial charge in [0.05, 0.1) is 11.4 Å². The lowest BCUT2D eigenvalue weighted by molar-refractivity contribution is 0.0690. The van der Waals surface area contributed by atoms with Crippen LogP contribution in [0, 0.1) is 0 Å². The highest BCUT2D eigenvalue weighted by Crippen LogP contribution is 2.16. The molecule has 2 heterocycles. The van der Waals surface area contributed by atoms with Crippen molar-refractivity contribution in [3.63, 3.8) is 0 Å². The molecule has 0 aliphatic rings. The number of aryl methyl sites for hydroxylation is 1. The normalized spacial score (nSPS) is 10.5. The van der Waals surface area contributed by atoms with Crippen molar-refractivity contribution in [2.75, 3.05) is 5.32 Å². The van der Waals surface area contributed by atoms with E-state index in [1.165, 1.54) is 10.9 Å². The van der Waals surface area contributed by atoms with E-state index >= 15 is 0 Å². The Balaban J connectivity index is 1.87. The second-order valence-corrected chi connectivity index (χ2v) is 4.83. The van der Waals surface area contributed by atoms with Crippen molar-refractivity contribution in [2.24, 2.45) is 7.05 Å². The molecule has 2 aromatic heterocycles.